The van der Waals surface area contributed by atoms with E-state index in [0.29, 0.717) is 35.7 Å². The first-order valence-corrected chi connectivity index (χ1v) is 9.99. The van der Waals surface area contributed by atoms with E-state index >= 15 is 0 Å². The number of likely N-dealkylation sites (tertiary alicyclic amines) is 1. The van der Waals surface area contributed by atoms with Crippen molar-refractivity contribution in [3.63, 3.8) is 0 Å². The van der Waals surface area contributed by atoms with E-state index in [4.69, 9.17) is 33.7 Å². The normalized spacial score (nSPS) is 19.4. The van der Waals surface area contributed by atoms with Gasteiger partial charge in [0.1, 0.15) is 6.10 Å². The summed E-state index contributed by atoms with van der Waals surface area (Å²) in [5.41, 5.74) is 5.84. The molecule has 2 amide bonds. The van der Waals surface area contributed by atoms with Crippen molar-refractivity contribution in [3.05, 3.63) is 33.8 Å². The molecule has 0 spiro atoms. The second kappa shape index (κ2) is 11.2. The van der Waals surface area contributed by atoms with Crippen LogP contribution in [0.15, 0.2) is 18.2 Å². The largest absolute Gasteiger partial charge is 0.446 e. The fourth-order valence-electron chi connectivity index (χ4n) is 3.28. The quantitative estimate of drug-likeness (QED) is 0.541. The van der Waals surface area contributed by atoms with Crippen LogP contribution in [-0.2, 0) is 9.53 Å². The predicted molar refractivity (Wildman–Crippen MR) is 110 cm³/mol. The second-order valence-electron chi connectivity index (χ2n) is 6.68. The number of ether oxygens (including phenoxy) is 1. The Labute approximate surface area is 175 Å². The van der Waals surface area contributed by atoms with Crippen molar-refractivity contribution in [2.75, 3.05) is 20.1 Å². The lowest BCUT2D eigenvalue weighted by Crippen LogP contribution is -2.48. The van der Waals surface area contributed by atoms with Crippen LogP contribution in [0.5, 0.6) is 0 Å². The number of unbranched alkanes of at least 4 members (excludes halogenated alkanes) is 1. The van der Waals surface area contributed by atoms with Crippen molar-refractivity contribution >= 4 is 35.2 Å². The van der Waals surface area contributed by atoms with Crippen LogP contribution in [-0.4, -0.2) is 49.2 Å². The first-order chi connectivity index (χ1) is 13.4. The molecule has 6 nitrogen and oxygen atoms in total. The maximum absolute atomic E-state index is 11.8. The predicted octanol–water partition coefficient (Wildman–Crippen LogP) is 3.19. The Hall–Kier alpha value is -1.94. The molecule has 0 radical (unpaired) electrons. The lowest BCUT2D eigenvalue weighted by Gasteiger charge is -2.38. The van der Waals surface area contributed by atoms with Gasteiger partial charge in [-0.2, -0.15) is 0 Å². The highest BCUT2D eigenvalue weighted by Crippen LogP contribution is 2.23. The van der Waals surface area contributed by atoms with Gasteiger partial charge in [0.25, 0.3) is 0 Å². The van der Waals surface area contributed by atoms with Gasteiger partial charge in [-0.3, -0.25) is 9.69 Å². The highest BCUT2D eigenvalue weighted by molar-refractivity contribution is 6.33. The summed E-state index contributed by atoms with van der Waals surface area (Å²) in [7, 11) is 1.61. The van der Waals surface area contributed by atoms with Crippen LogP contribution in [0.1, 0.15) is 37.7 Å². The Bertz CT molecular complexity index is 761. The smallest absolute Gasteiger partial charge is 0.404 e. The number of halogens is 2. The maximum Gasteiger partial charge on any atom is 0.404 e. The van der Waals surface area contributed by atoms with Gasteiger partial charge in [0.2, 0.25) is 5.91 Å². The second-order valence-corrected chi connectivity index (χ2v) is 7.52. The van der Waals surface area contributed by atoms with Gasteiger partial charge in [-0.1, -0.05) is 35.0 Å². The number of carbonyl (C=O) groups excluding carboxylic acids is 2. The van der Waals surface area contributed by atoms with Gasteiger partial charge < -0.3 is 15.8 Å². The summed E-state index contributed by atoms with van der Waals surface area (Å²) in [6.07, 6.45) is 2.21. The minimum Gasteiger partial charge on any atom is -0.446 e. The van der Waals surface area contributed by atoms with E-state index < -0.39 is 6.09 Å². The SMILES string of the molecule is CNC(=O)CC1CC(OC(N)=O)CCN1CCCC#Cc1cc(Cl)ccc1Cl. The third-order valence-corrected chi connectivity index (χ3v) is 5.24. The lowest BCUT2D eigenvalue weighted by molar-refractivity contribution is -0.122. The van der Waals surface area contributed by atoms with Crippen molar-refractivity contribution in [2.45, 2.75) is 44.2 Å². The summed E-state index contributed by atoms with van der Waals surface area (Å²) >= 11 is 12.1. The van der Waals surface area contributed by atoms with Gasteiger partial charge in [0, 0.05) is 49.5 Å². The third kappa shape index (κ3) is 7.23. The lowest BCUT2D eigenvalue weighted by atomic mass is 9.96. The van der Waals surface area contributed by atoms with E-state index in [0.717, 1.165) is 25.1 Å². The number of nitrogens with zero attached hydrogens (tertiary/aromatic N) is 1. The molecule has 1 heterocycles. The maximum atomic E-state index is 11.8. The Morgan fingerprint density at radius 2 is 2.18 bits per heavy atom. The molecule has 28 heavy (non-hydrogen) atoms. The summed E-state index contributed by atoms with van der Waals surface area (Å²) < 4.78 is 5.13. The summed E-state index contributed by atoms with van der Waals surface area (Å²) in [4.78, 5) is 25.1. The van der Waals surface area contributed by atoms with E-state index in [9.17, 15) is 9.59 Å². The van der Waals surface area contributed by atoms with Crippen LogP contribution in [0.2, 0.25) is 10.0 Å². The molecule has 2 atom stereocenters. The zero-order valence-electron chi connectivity index (χ0n) is 15.8. The Morgan fingerprint density at radius 3 is 2.89 bits per heavy atom. The first-order valence-electron chi connectivity index (χ1n) is 9.23. The number of hydrogen-bond acceptors (Lipinski definition) is 4. The Kier molecular flexibility index (Phi) is 8.91. The molecule has 3 N–H and O–H groups in total. The standard InChI is InChI=1S/C20H25Cl2N3O3/c1-24-19(26)13-16-12-17(28-20(23)27)8-10-25(16)9-4-2-3-5-14-11-15(21)6-7-18(14)22/h6-7,11,16-17H,2,4,8-10,12-13H2,1H3,(H2,23,27)(H,24,26). The van der Waals surface area contributed by atoms with Gasteiger partial charge in [-0.05, 0) is 37.6 Å². The molecular formula is C20H25Cl2N3O3. The summed E-state index contributed by atoms with van der Waals surface area (Å²) in [6.45, 7) is 1.55. The average molecular weight is 426 g/mol. The molecule has 152 valence electrons. The average Bonchev–Trinajstić information content (AvgIpc) is 2.65. The topological polar surface area (TPSA) is 84.7 Å². The third-order valence-electron chi connectivity index (χ3n) is 4.67. The number of nitrogens with one attached hydrogen (secondary N) is 1. The molecular weight excluding hydrogens is 401 g/mol. The monoisotopic (exact) mass is 425 g/mol. The number of primary amides is 1. The fraction of sp³-hybridized carbons (Fsp3) is 0.500. The summed E-state index contributed by atoms with van der Waals surface area (Å²) in [6, 6.07) is 5.22. The van der Waals surface area contributed by atoms with Crippen molar-refractivity contribution < 1.29 is 14.3 Å². The van der Waals surface area contributed by atoms with Gasteiger partial charge >= 0.3 is 6.09 Å². The van der Waals surface area contributed by atoms with E-state index in [1.165, 1.54) is 0 Å². The number of carbonyl (C=O) groups is 2. The van der Waals surface area contributed by atoms with E-state index in [1.807, 2.05) is 0 Å². The number of benzene rings is 1. The van der Waals surface area contributed by atoms with Gasteiger partial charge in [-0.25, -0.2) is 4.79 Å². The molecule has 1 aromatic carbocycles. The molecule has 1 aliphatic rings. The molecule has 0 bridgehead atoms. The summed E-state index contributed by atoms with van der Waals surface area (Å²) in [5, 5.41) is 3.84. The van der Waals surface area contributed by atoms with Crippen molar-refractivity contribution in [3.8, 4) is 11.8 Å². The Morgan fingerprint density at radius 1 is 1.39 bits per heavy atom. The van der Waals surface area contributed by atoms with Crippen molar-refractivity contribution in [2.24, 2.45) is 5.73 Å². The minimum absolute atomic E-state index is 0.00776. The molecule has 1 aliphatic heterocycles. The summed E-state index contributed by atoms with van der Waals surface area (Å²) in [5.74, 6) is 6.14. The van der Waals surface area contributed by atoms with Gasteiger partial charge in [-0.15, -0.1) is 0 Å². The fourth-order valence-corrected chi connectivity index (χ4v) is 3.62. The van der Waals surface area contributed by atoms with Crippen molar-refractivity contribution in [1.29, 1.82) is 0 Å². The highest BCUT2D eigenvalue weighted by Gasteiger charge is 2.31. The van der Waals surface area contributed by atoms with Crippen molar-refractivity contribution in [1.82, 2.24) is 10.2 Å². The molecule has 0 saturated carbocycles. The van der Waals surface area contributed by atoms with Crippen LogP contribution < -0.4 is 11.1 Å². The number of piperidine rings is 1. The van der Waals surface area contributed by atoms with Crippen LogP contribution in [0, 0.1) is 11.8 Å². The van der Waals surface area contributed by atoms with Crippen LogP contribution in [0.4, 0.5) is 4.79 Å². The molecule has 2 unspecified atom stereocenters. The van der Waals surface area contributed by atoms with E-state index in [1.54, 1.807) is 25.2 Å². The minimum atomic E-state index is -0.771. The molecule has 8 heteroatoms. The number of hydrogen-bond donors (Lipinski definition) is 2. The van der Waals surface area contributed by atoms with Gasteiger partial charge in [0.15, 0.2) is 0 Å². The van der Waals surface area contributed by atoms with Crippen LogP contribution >= 0.6 is 23.2 Å². The van der Waals surface area contributed by atoms with Crippen LogP contribution in [0.25, 0.3) is 0 Å². The Balaban J connectivity index is 1.88. The van der Waals surface area contributed by atoms with E-state index in [-0.39, 0.29) is 18.1 Å². The molecule has 2 rings (SSSR count). The van der Waals surface area contributed by atoms with Crippen LogP contribution in [0.3, 0.4) is 0 Å². The molecule has 0 aliphatic carbocycles. The highest BCUT2D eigenvalue weighted by atomic mass is 35.5. The number of amides is 2. The van der Waals surface area contributed by atoms with Gasteiger partial charge in [0.05, 0.1) is 5.02 Å². The van der Waals surface area contributed by atoms with E-state index in [2.05, 4.69) is 22.1 Å². The number of nitrogens with two attached hydrogens (primary N) is 1. The zero-order valence-corrected chi connectivity index (χ0v) is 17.4. The molecule has 1 aromatic rings. The molecule has 1 fully saturated rings. The first kappa shape index (κ1) is 22.4. The molecule has 1 saturated heterocycles. The number of rotatable bonds is 6. The zero-order chi connectivity index (χ0) is 20.5. The molecule has 0 aromatic heterocycles.